The van der Waals surface area contributed by atoms with Gasteiger partial charge in [0.15, 0.2) is 6.20 Å². The van der Waals surface area contributed by atoms with Gasteiger partial charge in [0.25, 0.3) is 0 Å². The summed E-state index contributed by atoms with van der Waals surface area (Å²) >= 11 is 0. The summed E-state index contributed by atoms with van der Waals surface area (Å²) in [5, 5.41) is 0. The molecule has 134 valence electrons. The zero-order valence-electron chi connectivity index (χ0n) is 19.3. The Morgan fingerprint density at radius 2 is 1.60 bits per heavy atom. The molecule has 0 N–H and O–H groups in total. The Morgan fingerprint density at radius 1 is 1.00 bits per heavy atom. The van der Waals surface area contributed by atoms with E-state index in [4.69, 9.17) is 2.74 Å². The molecule has 1 aromatic heterocycles. The number of fused-ring (bicyclic) bond motifs is 1. The number of hydrogen-bond donors (Lipinski definition) is 0. The third kappa shape index (κ3) is 3.03. The van der Waals surface area contributed by atoms with Crippen molar-refractivity contribution >= 4 is 0 Å². The van der Waals surface area contributed by atoms with Crippen LogP contribution in [-0.2, 0) is 23.3 Å². The van der Waals surface area contributed by atoms with Gasteiger partial charge in [-0.3, -0.25) is 0 Å². The molecule has 25 heavy (non-hydrogen) atoms. The van der Waals surface area contributed by atoms with Crippen molar-refractivity contribution < 1.29 is 7.31 Å². The van der Waals surface area contributed by atoms with Crippen molar-refractivity contribution in [1.82, 2.24) is 0 Å². The molecule has 1 aliphatic rings. The fourth-order valence-electron chi connectivity index (χ4n) is 4.27. The summed E-state index contributed by atoms with van der Waals surface area (Å²) in [7, 11) is 2.07. The van der Waals surface area contributed by atoms with E-state index in [9.17, 15) is 0 Å². The topological polar surface area (TPSA) is 3.88 Å². The van der Waals surface area contributed by atoms with Crippen LogP contribution in [0.1, 0.15) is 79.8 Å². The molecule has 1 heteroatoms. The summed E-state index contributed by atoms with van der Waals surface area (Å²) in [4.78, 5) is 0. The molecule has 0 atom stereocenters. The van der Waals surface area contributed by atoms with E-state index in [2.05, 4.69) is 69.8 Å². The predicted octanol–water partition coefficient (Wildman–Crippen LogP) is 5.74. The smallest absolute Gasteiger partial charge is 0.201 e. The van der Waals surface area contributed by atoms with E-state index in [1.807, 2.05) is 27.7 Å². The Bertz CT molecular complexity index is 915. The van der Waals surface area contributed by atoms with E-state index in [-0.39, 0.29) is 5.41 Å². The van der Waals surface area contributed by atoms with Crippen LogP contribution in [-0.4, -0.2) is 0 Å². The van der Waals surface area contributed by atoms with Gasteiger partial charge in [0.1, 0.15) is 7.05 Å². The lowest BCUT2D eigenvalue weighted by atomic mass is 9.82. The van der Waals surface area contributed by atoms with Gasteiger partial charge in [-0.2, -0.15) is 0 Å². The average molecular weight is 339 g/mol. The second-order valence-electron chi connectivity index (χ2n) is 9.75. The lowest BCUT2D eigenvalue weighted by Crippen LogP contribution is -2.33. The van der Waals surface area contributed by atoms with E-state index < -0.39 is 17.2 Å². The first-order valence-corrected chi connectivity index (χ1v) is 9.28. The van der Waals surface area contributed by atoms with E-state index in [1.54, 1.807) is 0 Å². The minimum atomic E-state index is -1.31. The Hall–Kier alpha value is -1.63. The highest BCUT2D eigenvalue weighted by Crippen LogP contribution is 2.49. The second-order valence-corrected chi connectivity index (χ2v) is 9.75. The minimum Gasteiger partial charge on any atom is -0.201 e. The van der Waals surface area contributed by atoms with Crippen LogP contribution >= 0.6 is 0 Å². The molecule has 3 rings (SSSR count). The van der Waals surface area contributed by atoms with Crippen LogP contribution in [0.3, 0.4) is 0 Å². The quantitative estimate of drug-likeness (QED) is 0.583. The first-order chi connectivity index (χ1) is 12.1. The molecule has 0 saturated heterocycles. The monoisotopic (exact) mass is 338 g/mol. The normalized spacial score (nSPS) is 21.5. The Kier molecular flexibility index (Phi) is 3.39. The molecule has 0 amide bonds. The number of aryl methyl sites for hydroxylation is 2. The molecule has 2 aromatic rings. The highest BCUT2D eigenvalue weighted by molar-refractivity contribution is 5.64. The van der Waals surface area contributed by atoms with Crippen molar-refractivity contribution in [3.05, 3.63) is 52.7 Å². The van der Waals surface area contributed by atoms with Gasteiger partial charge >= 0.3 is 0 Å². The van der Waals surface area contributed by atoms with Crippen molar-refractivity contribution in [3.8, 4) is 11.3 Å². The highest BCUT2D eigenvalue weighted by Gasteiger charge is 2.44. The van der Waals surface area contributed by atoms with E-state index >= 15 is 0 Å². The lowest BCUT2D eigenvalue weighted by Gasteiger charge is -2.22. The van der Waals surface area contributed by atoms with E-state index in [1.165, 1.54) is 16.7 Å². The maximum Gasteiger partial charge on any atom is 0.212 e. The number of benzene rings is 1. The minimum absolute atomic E-state index is 0.130. The van der Waals surface area contributed by atoms with Gasteiger partial charge in [-0.1, -0.05) is 60.6 Å². The zero-order chi connectivity index (χ0) is 20.6. The molecule has 0 radical (unpaired) electrons. The molecule has 0 aliphatic heterocycles. The average Bonchev–Trinajstić information content (AvgIpc) is 2.62. The fourth-order valence-corrected chi connectivity index (χ4v) is 4.27. The summed E-state index contributed by atoms with van der Waals surface area (Å²) in [6, 6.07) is 8.96. The predicted molar refractivity (Wildman–Crippen MR) is 107 cm³/mol. The third-order valence-electron chi connectivity index (χ3n) is 5.61. The maximum atomic E-state index is 8.82. The van der Waals surface area contributed by atoms with Crippen molar-refractivity contribution in [1.29, 1.82) is 0 Å². The van der Waals surface area contributed by atoms with Crippen LogP contribution < -0.4 is 4.57 Å². The van der Waals surface area contributed by atoms with E-state index in [0.717, 1.165) is 16.8 Å². The molecule has 0 fully saturated rings. The molecule has 1 aromatic carbocycles. The Morgan fingerprint density at radius 3 is 2.16 bits per heavy atom. The van der Waals surface area contributed by atoms with Gasteiger partial charge in [-0.15, -0.1) is 0 Å². The Labute approximate surface area is 156 Å². The van der Waals surface area contributed by atoms with Gasteiger partial charge in [0, 0.05) is 19.9 Å². The van der Waals surface area contributed by atoms with Gasteiger partial charge < -0.3 is 0 Å². The number of pyridine rings is 1. The molecule has 1 nitrogen and oxygen atoms in total. The maximum absolute atomic E-state index is 8.82. The number of nitrogens with zero attached hydrogens (tertiary/aromatic N) is 1. The van der Waals surface area contributed by atoms with Crippen LogP contribution in [0, 0.1) is 6.92 Å². The molecular weight excluding hydrogens is 302 g/mol. The number of aromatic nitrogens is 1. The Balaban J connectivity index is 2.23. The summed E-state index contributed by atoms with van der Waals surface area (Å²) in [5.74, 6) is 0. The summed E-state index contributed by atoms with van der Waals surface area (Å²) in [6.45, 7) is 17.0. The molecule has 1 aliphatic carbocycles. The van der Waals surface area contributed by atoms with E-state index in [0.29, 0.717) is 0 Å². The zero-order valence-corrected chi connectivity index (χ0v) is 17.3. The first kappa shape index (κ1) is 15.6. The molecule has 0 spiro atoms. The van der Waals surface area contributed by atoms with Crippen LogP contribution in [0.2, 0.25) is 0 Å². The van der Waals surface area contributed by atoms with Gasteiger partial charge in [-0.05, 0) is 52.3 Å². The molecule has 0 unspecified atom stereocenters. The summed E-state index contributed by atoms with van der Waals surface area (Å²) < 4.78 is 19.8. The van der Waals surface area contributed by atoms with Crippen molar-refractivity contribution in [2.45, 2.75) is 78.0 Å². The lowest BCUT2D eigenvalue weighted by molar-refractivity contribution is -0.661. The van der Waals surface area contributed by atoms with Crippen LogP contribution in [0.4, 0.5) is 0 Å². The summed E-state index contributed by atoms with van der Waals surface area (Å²) in [6.07, 6.45) is 0.841. The molecular formula is C24H34N+. The molecule has 0 bridgehead atoms. The third-order valence-corrected chi connectivity index (χ3v) is 5.61. The fraction of sp³-hybridized carbons (Fsp3) is 0.542. The van der Waals surface area contributed by atoms with Crippen molar-refractivity contribution in [2.24, 2.45) is 7.05 Å². The van der Waals surface area contributed by atoms with Gasteiger partial charge in [-0.25, -0.2) is 4.57 Å². The van der Waals surface area contributed by atoms with Crippen LogP contribution in [0.5, 0.6) is 0 Å². The standard InChI is InChI=1S/C24H34N/c1-16-12-17(22(2,3)4)10-11-18(16)21-13-19-20(14-25(21)9)24(7,8)15-23(19,5)6/h10-14H,15H2,1-9H3/q+1/i15D2. The van der Waals surface area contributed by atoms with Crippen LogP contribution in [0.25, 0.3) is 11.3 Å². The van der Waals surface area contributed by atoms with Crippen LogP contribution in [0.15, 0.2) is 30.5 Å². The number of rotatable bonds is 1. The number of hydrogen-bond acceptors (Lipinski definition) is 0. The van der Waals surface area contributed by atoms with Crippen molar-refractivity contribution in [3.63, 3.8) is 0 Å². The largest absolute Gasteiger partial charge is 0.212 e. The van der Waals surface area contributed by atoms with Gasteiger partial charge in [0.2, 0.25) is 5.69 Å². The first-order valence-electron chi connectivity index (χ1n) is 10.3. The molecule has 0 saturated carbocycles. The SMILES string of the molecule is [2H]C1([2H])C(C)(C)c2cc(-c3ccc(C(C)(C)C)cc3C)[n+](C)cc2C1(C)C. The molecule has 1 heterocycles. The highest BCUT2D eigenvalue weighted by atomic mass is 14.9. The van der Waals surface area contributed by atoms with Crippen molar-refractivity contribution in [2.75, 3.05) is 0 Å². The second kappa shape index (κ2) is 5.43. The van der Waals surface area contributed by atoms with Gasteiger partial charge in [0.05, 0.1) is 0 Å². The summed E-state index contributed by atoms with van der Waals surface area (Å²) in [5.41, 5.74) is 6.29.